The van der Waals surface area contributed by atoms with Crippen LogP contribution in [0.2, 0.25) is 10.0 Å². The molecule has 0 spiro atoms. The summed E-state index contributed by atoms with van der Waals surface area (Å²) >= 11 is 11.7. The molecule has 0 aromatic heterocycles. The number of hydrogen-bond acceptors (Lipinski definition) is 3. The molecule has 1 saturated carbocycles. The molecule has 0 saturated heterocycles. The van der Waals surface area contributed by atoms with Crippen LogP contribution in [0.1, 0.15) is 42.5 Å². The lowest BCUT2D eigenvalue weighted by Crippen LogP contribution is -2.36. The molecule has 1 aliphatic rings. The number of carbonyl (C=O) groups is 1. The highest BCUT2D eigenvalue weighted by molar-refractivity contribution is 7.89. The van der Waals surface area contributed by atoms with Crippen LogP contribution < -0.4 is 4.72 Å². The summed E-state index contributed by atoms with van der Waals surface area (Å²) in [5.74, 6) is -1.30. The van der Waals surface area contributed by atoms with Crippen LogP contribution in [0.4, 0.5) is 0 Å². The van der Waals surface area contributed by atoms with Gasteiger partial charge in [0, 0.05) is 6.04 Å². The molecule has 21 heavy (non-hydrogen) atoms. The second-order valence-electron chi connectivity index (χ2n) is 5.02. The van der Waals surface area contributed by atoms with Gasteiger partial charge in [-0.1, -0.05) is 42.5 Å². The van der Waals surface area contributed by atoms with E-state index in [0.717, 1.165) is 44.2 Å². The molecule has 5 nitrogen and oxygen atoms in total. The Hall–Kier alpha value is -0.820. The van der Waals surface area contributed by atoms with Gasteiger partial charge in [-0.15, -0.1) is 0 Å². The fourth-order valence-corrected chi connectivity index (χ4v) is 4.56. The van der Waals surface area contributed by atoms with Crippen molar-refractivity contribution in [2.24, 2.45) is 0 Å². The van der Waals surface area contributed by atoms with Gasteiger partial charge >= 0.3 is 5.97 Å². The van der Waals surface area contributed by atoms with E-state index in [1.165, 1.54) is 0 Å². The quantitative estimate of drug-likeness (QED) is 0.871. The molecular weight excluding hydrogens is 337 g/mol. The Kier molecular flexibility index (Phi) is 5.14. The van der Waals surface area contributed by atoms with Crippen molar-refractivity contribution in [1.82, 2.24) is 4.72 Å². The first kappa shape index (κ1) is 16.5. The van der Waals surface area contributed by atoms with Gasteiger partial charge in [-0.05, 0) is 25.0 Å². The van der Waals surface area contributed by atoms with E-state index in [1.807, 2.05) is 0 Å². The summed E-state index contributed by atoms with van der Waals surface area (Å²) < 4.78 is 27.3. The minimum absolute atomic E-state index is 0.0895. The van der Waals surface area contributed by atoms with Crippen molar-refractivity contribution in [3.8, 4) is 0 Å². The number of carboxylic acid groups (broad SMARTS) is 1. The molecular formula is C13H15Cl2NO4S. The highest BCUT2D eigenvalue weighted by atomic mass is 35.5. The predicted octanol–water partition coefficient (Wildman–Crippen LogP) is 3.30. The van der Waals surface area contributed by atoms with E-state index in [-0.39, 0.29) is 26.5 Å². The Morgan fingerprint density at radius 3 is 2.33 bits per heavy atom. The lowest BCUT2D eigenvalue weighted by Gasteiger charge is -2.23. The SMILES string of the molecule is O=C(O)c1cc(S(=O)(=O)NC2CCCCC2)c(Cl)cc1Cl. The van der Waals surface area contributed by atoms with Crippen LogP contribution in [-0.4, -0.2) is 25.5 Å². The van der Waals surface area contributed by atoms with Gasteiger partial charge in [-0.2, -0.15) is 0 Å². The molecule has 1 fully saturated rings. The van der Waals surface area contributed by atoms with E-state index in [4.69, 9.17) is 28.3 Å². The van der Waals surface area contributed by atoms with E-state index in [1.54, 1.807) is 0 Å². The van der Waals surface area contributed by atoms with Gasteiger partial charge in [-0.3, -0.25) is 0 Å². The Morgan fingerprint density at radius 2 is 1.76 bits per heavy atom. The number of aromatic carboxylic acids is 1. The van der Waals surface area contributed by atoms with Crippen LogP contribution in [0.15, 0.2) is 17.0 Å². The van der Waals surface area contributed by atoms with Crippen LogP contribution >= 0.6 is 23.2 Å². The normalized spacial score (nSPS) is 16.9. The van der Waals surface area contributed by atoms with E-state index in [2.05, 4.69) is 4.72 Å². The molecule has 1 aliphatic carbocycles. The largest absolute Gasteiger partial charge is 0.478 e. The summed E-state index contributed by atoms with van der Waals surface area (Å²) in [6.45, 7) is 0. The molecule has 1 aromatic carbocycles. The van der Waals surface area contributed by atoms with Crippen molar-refractivity contribution in [1.29, 1.82) is 0 Å². The number of sulfonamides is 1. The second-order valence-corrected chi connectivity index (χ2v) is 7.52. The van der Waals surface area contributed by atoms with Gasteiger partial charge in [0.2, 0.25) is 10.0 Å². The molecule has 0 bridgehead atoms. The molecule has 2 rings (SSSR count). The Morgan fingerprint density at radius 1 is 1.14 bits per heavy atom. The molecule has 1 aromatic rings. The van der Waals surface area contributed by atoms with E-state index in [9.17, 15) is 13.2 Å². The maximum Gasteiger partial charge on any atom is 0.337 e. The number of hydrogen-bond donors (Lipinski definition) is 2. The minimum atomic E-state index is -3.87. The minimum Gasteiger partial charge on any atom is -0.478 e. The smallest absolute Gasteiger partial charge is 0.337 e. The van der Waals surface area contributed by atoms with Crippen LogP contribution in [0, 0.1) is 0 Å². The van der Waals surface area contributed by atoms with Crippen molar-refractivity contribution in [2.75, 3.05) is 0 Å². The Balaban J connectivity index is 2.34. The summed E-state index contributed by atoms with van der Waals surface area (Å²) in [5, 5.41) is 8.84. The maximum atomic E-state index is 12.4. The van der Waals surface area contributed by atoms with Gasteiger partial charge in [0.05, 0.1) is 15.6 Å². The lowest BCUT2D eigenvalue weighted by molar-refractivity contribution is 0.0697. The molecule has 0 heterocycles. The molecule has 0 unspecified atom stereocenters. The molecule has 116 valence electrons. The Labute approximate surface area is 133 Å². The zero-order valence-corrected chi connectivity index (χ0v) is 13.4. The summed E-state index contributed by atoms with van der Waals surface area (Å²) in [7, 11) is -3.87. The highest BCUT2D eigenvalue weighted by Gasteiger charge is 2.26. The first-order valence-corrected chi connectivity index (χ1v) is 8.80. The van der Waals surface area contributed by atoms with Crippen molar-refractivity contribution in [3.05, 3.63) is 27.7 Å². The van der Waals surface area contributed by atoms with Crippen LogP contribution in [0.25, 0.3) is 0 Å². The third-order valence-corrected chi connectivity index (χ3v) is 5.77. The van der Waals surface area contributed by atoms with Gasteiger partial charge in [0.1, 0.15) is 4.90 Å². The van der Waals surface area contributed by atoms with Crippen molar-refractivity contribution in [2.45, 2.75) is 43.0 Å². The predicted molar refractivity (Wildman–Crippen MR) is 80.6 cm³/mol. The van der Waals surface area contributed by atoms with Gasteiger partial charge in [0.15, 0.2) is 0 Å². The summed E-state index contributed by atoms with van der Waals surface area (Å²) in [6, 6.07) is 2.00. The van der Waals surface area contributed by atoms with Crippen LogP contribution in [0.5, 0.6) is 0 Å². The summed E-state index contributed by atoms with van der Waals surface area (Å²) in [6.07, 6.45) is 4.60. The third-order valence-electron chi connectivity index (χ3n) is 3.47. The average molecular weight is 352 g/mol. The van der Waals surface area contributed by atoms with E-state index >= 15 is 0 Å². The Bertz CT molecular complexity index is 654. The number of rotatable bonds is 4. The van der Waals surface area contributed by atoms with Gasteiger partial charge in [-0.25, -0.2) is 17.9 Å². The standard InChI is InChI=1S/C13H15Cl2NO4S/c14-10-7-11(15)12(6-9(10)13(17)18)21(19,20)16-8-4-2-1-3-5-8/h6-8,16H,1-5H2,(H,17,18). The number of nitrogens with one attached hydrogen (secondary N) is 1. The number of carboxylic acids is 1. The fraction of sp³-hybridized carbons (Fsp3) is 0.462. The first-order valence-electron chi connectivity index (χ1n) is 6.56. The number of halogens is 2. The zero-order valence-electron chi connectivity index (χ0n) is 11.1. The molecule has 8 heteroatoms. The fourth-order valence-electron chi connectivity index (χ4n) is 2.40. The van der Waals surface area contributed by atoms with Crippen LogP contribution in [0.3, 0.4) is 0 Å². The maximum absolute atomic E-state index is 12.4. The van der Waals surface area contributed by atoms with Crippen molar-refractivity contribution in [3.63, 3.8) is 0 Å². The molecule has 0 atom stereocenters. The third kappa shape index (κ3) is 3.88. The average Bonchev–Trinajstić information content (AvgIpc) is 2.38. The monoisotopic (exact) mass is 351 g/mol. The van der Waals surface area contributed by atoms with Crippen molar-refractivity contribution < 1.29 is 18.3 Å². The lowest BCUT2D eigenvalue weighted by atomic mass is 9.96. The summed E-state index contributed by atoms with van der Waals surface area (Å²) in [4.78, 5) is 10.8. The van der Waals surface area contributed by atoms with Gasteiger partial charge in [0.25, 0.3) is 0 Å². The molecule has 0 amide bonds. The van der Waals surface area contributed by atoms with E-state index < -0.39 is 16.0 Å². The topological polar surface area (TPSA) is 83.5 Å². The van der Waals surface area contributed by atoms with Crippen LogP contribution in [-0.2, 0) is 10.0 Å². The second kappa shape index (κ2) is 6.52. The molecule has 0 aliphatic heterocycles. The van der Waals surface area contributed by atoms with Crippen molar-refractivity contribution >= 4 is 39.2 Å². The zero-order chi connectivity index (χ0) is 15.6. The summed E-state index contributed by atoms with van der Waals surface area (Å²) in [5.41, 5.74) is -0.287. The highest BCUT2D eigenvalue weighted by Crippen LogP contribution is 2.29. The van der Waals surface area contributed by atoms with Gasteiger partial charge < -0.3 is 5.11 Å². The molecule has 0 radical (unpaired) electrons. The number of benzene rings is 1. The van der Waals surface area contributed by atoms with E-state index in [0.29, 0.717) is 0 Å². The first-order chi connectivity index (χ1) is 9.81. The molecule has 2 N–H and O–H groups in total.